The van der Waals surface area contributed by atoms with E-state index in [0.717, 1.165) is 12.3 Å². The summed E-state index contributed by atoms with van der Waals surface area (Å²) in [6.07, 6.45) is -3.85. The van der Waals surface area contributed by atoms with Crippen LogP contribution >= 0.6 is 11.6 Å². The van der Waals surface area contributed by atoms with Gasteiger partial charge in [-0.3, -0.25) is 4.79 Å². The van der Waals surface area contributed by atoms with Gasteiger partial charge in [-0.05, 0) is 6.07 Å². The van der Waals surface area contributed by atoms with Crippen molar-refractivity contribution >= 4 is 21.6 Å². The zero-order chi connectivity index (χ0) is 14.8. The highest BCUT2D eigenvalue weighted by Crippen LogP contribution is 2.22. The van der Waals surface area contributed by atoms with Gasteiger partial charge in [-0.25, -0.2) is 8.42 Å². The molecule has 0 atom stereocenters. The maximum absolute atomic E-state index is 12.3. The summed E-state index contributed by atoms with van der Waals surface area (Å²) in [5.41, 5.74) is -0.723. The van der Waals surface area contributed by atoms with E-state index in [1.165, 1.54) is 6.92 Å². The van der Waals surface area contributed by atoms with Crippen LogP contribution in [0.4, 0.5) is 13.2 Å². The summed E-state index contributed by atoms with van der Waals surface area (Å²) < 4.78 is 61.0. The van der Waals surface area contributed by atoms with Crippen LogP contribution < -0.4 is 5.56 Å². The van der Waals surface area contributed by atoms with E-state index in [0.29, 0.717) is 0 Å². The van der Waals surface area contributed by atoms with Crippen LogP contribution in [-0.2, 0) is 10.0 Å². The molecule has 0 aromatic carbocycles. The van der Waals surface area contributed by atoms with E-state index < -0.39 is 38.2 Å². The molecule has 1 aromatic heterocycles. The summed E-state index contributed by atoms with van der Waals surface area (Å²) in [7, 11) is -4.36. The van der Waals surface area contributed by atoms with Gasteiger partial charge >= 0.3 is 6.18 Å². The lowest BCUT2D eigenvalue weighted by molar-refractivity contribution is -0.135. The van der Waals surface area contributed by atoms with Crippen molar-refractivity contribution in [1.82, 2.24) is 9.29 Å². The van der Waals surface area contributed by atoms with Crippen LogP contribution in [0.15, 0.2) is 22.0 Å². The van der Waals surface area contributed by atoms with Gasteiger partial charge in [0.1, 0.15) is 11.6 Å². The number of nitrogens with zero attached hydrogens (tertiary/aromatic N) is 1. The van der Waals surface area contributed by atoms with E-state index in [-0.39, 0.29) is 10.8 Å². The number of aromatic nitrogens is 1. The normalized spacial score (nSPS) is 12.9. The van der Waals surface area contributed by atoms with Gasteiger partial charge in [-0.1, -0.05) is 18.5 Å². The van der Waals surface area contributed by atoms with Crippen LogP contribution in [0.3, 0.4) is 0 Å². The van der Waals surface area contributed by atoms with Crippen molar-refractivity contribution in [1.29, 1.82) is 0 Å². The number of halogens is 4. The van der Waals surface area contributed by atoms with Crippen molar-refractivity contribution in [3.63, 3.8) is 0 Å². The van der Waals surface area contributed by atoms with Crippen molar-refractivity contribution in [2.24, 2.45) is 0 Å². The Morgan fingerprint density at radius 1 is 1.42 bits per heavy atom. The smallest absolute Gasteiger partial charge is 0.326 e. The number of pyridine rings is 1. The third kappa shape index (κ3) is 3.95. The van der Waals surface area contributed by atoms with Gasteiger partial charge in [-0.2, -0.15) is 17.5 Å². The number of hydrogen-bond acceptors (Lipinski definition) is 3. The first-order valence-electron chi connectivity index (χ1n) is 5.03. The Kier molecular flexibility index (Phi) is 4.64. The van der Waals surface area contributed by atoms with Crippen molar-refractivity contribution in [2.45, 2.75) is 18.0 Å². The summed E-state index contributed by atoms with van der Waals surface area (Å²) in [5.74, 6) is 0. The topological polar surface area (TPSA) is 70.2 Å². The fraction of sp³-hybridized carbons (Fsp3) is 0.444. The highest BCUT2D eigenvalue weighted by atomic mass is 35.5. The SMILES string of the molecule is CCN(CC(F)(F)F)S(=O)(=O)c1c[nH]c(=O)c(Cl)c1. The summed E-state index contributed by atoms with van der Waals surface area (Å²) in [6.45, 7) is -0.697. The van der Waals surface area contributed by atoms with Crippen molar-refractivity contribution in [2.75, 3.05) is 13.1 Å². The van der Waals surface area contributed by atoms with Gasteiger partial charge in [0.05, 0.1) is 4.90 Å². The fourth-order valence-corrected chi connectivity index (χ4v) is 2.97. The Labute approximate surface area is 112 Å². The quantitative estimate of drug-likeness (QED) is 0.916. The first-order chi connectivity index (χ1) is 8.58. The van der Waals surface area contributed by atoms with E-state index in [4.69, 9.17) is 11.6 Å². The summed E-state index contributed by atoms with van der Waals surface area (Å²) in [4.78, 5) is 12.5. The van der Waals surface area contributed by atoms with Crippen LogP contribution in [0.25, 0.3) is 0 Å². The van der Waals surface area contributed by atoms with Gasteiger partial charge in [0.15, 0.2) is 0 Å². The van der Waals surface area contributed by atoms with Gasteiger partial charge < -0.3 is 4.98 Å². The lowest BCUT2D eigenvalue weighted by Crippen LogP contribution is -2.38. The number of aromatic amines is 1. The van der Waals surface area contributed by atoms with E-state index in [1.54, 1.807) is 0 Å². The molecule has 1 heterocycles. The first-order valence-corrected chi connectivity index (χ1v) is 6.85. The zero-order valence-electron chi connectivity index (χ0n) is 9.66. The molecule has 10 heteroatoms. The third-order valence-electron chi connectivity index (χ3n) is 2.18. The van der Waals surface area contributed by atoms with Gasteiger partial charge in [0.25, 0.3) is 5.56 Å². The average Bonchev–Trinajstić information content (AvgIpc) is 2.28. The summed E-state index contributed by atoms with van der Waals surface area (Å²) in [6, 6.07) is 0.814. The molecule has 5 nitrogen and oxygen atoms in total. The predicted octanol–water partition coefficient (Wildman–Crippen LogP) is 1.60. The molecule has 0 unspecified atom stereocenters. The Balaban J connectivity index is 3.21. The Hall–Kier alpha value is -1.06. The molecule has 0 saturated carbocycles. The largest absolute Gasteiger partial charge is 0.402 e. The number of nitrogens with one attached hydrogen (secondary N) is 1. The third-order valence-corrected chi connectivity index (χ3v) is 4.36. The molecule has 1 N–H and O–H groups in total. The highest BCUT2D eigenvalue weighted by Gasteiger charge is 2.36. The molecule has 0 radical (unpaired) electrons. The minimum absolute atomic E-state index is 0.247. The molecule has 0 aliphatic carbocycles. The number of H-pyrrole nitrogens is 1. The number of sulfonamides is 1. The van der Waals surface area contributed by atoms with E-state index in [1.807, 2.05) is 4.98 Å². The molecule has 1 aromatic rings. The molecular formula is C9H10ClF3N2O3S. The molecular weight excluding hydrogens is 309 g/mol. The van der Waals surface area contributed by atoms with Crippen LogP contribution in [0.5, 0.6) is 0 Å². The fourth-order valence-electron chi connectivity index (χ4n) is 1.30. The number of hydrogen-bond donors (Lipinski definition) is 1. The summed E-state index contributed by atoms with van der Waals surface area (Å²) in [5, 5.41) is -0.413. The van der Waals surface area contributed by atoms with Crippen LogP contribution in [0.2, 0.25) is 5.02 Å². The lowest BCUT2D eigenvalue weighted by Gasteiger charge is -2.21. The van der Waals surface area contributed by atoms with E-state index in [9.17, 15) is 26.4 Å². The molecule has 0 aliphatic rings. The number of rotatable bonds is 4. The van der Waals surface area contributed by atoms with Crippen molar-refractivity contribution in [3.8, 4) is 0 Å². The van der Waals surface area contributed by atoms with Gasteiger partial charge in [-0.15, -0.1) is 0 Å². The van der Waals surface area contributed by atoms with Crippen LogP contribution in [-0.4, -0.2) is 37.0 Å². The predicted molar refractivity (Wildman–Crippen MR) is 62.6 cm³/mol. The van der Waals surface area contributed by atoms with E-state index >= 15 is 0 Å². The second kappa shape index (κ2) is 5.51. The van der Waals surface area contributed by atoms with Gasteiger partial charge in [0.2, 0.25) is 10.0 Å². The van der Waals surface area contributed by atoms with Crippen LogP contribution in [0.1, 0.15) is 6.92 Å². The standard InChI is InChI=1S/C9H10ClF3N2O3S/c1-2-15(5-9(11,12)13)19(17,18)6-3-7(10)8(16)14-4-6/h3-4H,2,5H2,1H3,(H,14,16). The maximum Gasteiger partial charge on any atom is 0.402 e. The maximum atomic E-state index is 12.3. The molecule has 0 spiro atoms. The molecule has 0 fully saturated rings. The molecule has 108 valence electrons. The Morgan fingerprint density at radius 2 is 2.00 bits per heavy atom. The molecule has 19 heavy (non-hydrogen) atoms. The minimum atomic E-state index is -4.66. The Bertz CT molecular complexity index is 612. The van der Waals surface area contributed by atoms with Crippen molar-refractivity contribution < 1.29 is 21.6 Å². The molecule has 0 aliphatic heterocycles. The van der Waals surface area contributed by atoms with E-state index in [2.05, 4.69) is 0 Å². The highest BCUT2D eigenvalue weighted by molar-refractivity contribution is 7.89. The average molecular weight is 319 g/mol. The van der Waals surface area contributed by atoms with Crippen LogP contribution in [0, 0.1) is 0 Å². The monoisotopic (exact) mass is 318 g/mol. The lowest BCUT2D eigenvalue weighted by atomic mass is 10.5. The van der Waals surface area contributed by atoms with Crippen molar-refractivity contribution in [3.05, 3.63) is 27.6 Å². The molecule has 1 rings (SSSR count). The Morgan fingerprint density at radius 3 is 2.42 bits per heavy atom. The molecule has 0 bridgehead atoms. The molecule has 0 amide bonds. The summed E-state index contributed by atoms with van der Waals surface area (Å²) >= 11 is 5.45. The molecule has 0 saturated heterocycles. The zero-order valence-corrected chi connectivity index (χ0v) is 11.2. The second-order valence-corrected chi connectivity index (χ2v) is 5.90. The first kappa shape index (κ1) is 16.0. The second-order valence-electron chi connectivity index (χ2n) is 3.56. The number of alkyl halides is 3. The minimum Gasteiger partial charge on any atom is -0.326 e. The van der Waals surface area contributed by atoms with Gasteiger partial charge in [0, 0.05) is 12.7 Å².